The predicted octanol–water partition coefficient (Wildman–Crippen LogP) is 7.08. The third kappa shape index (κ3) is 6.24. The van der Waals surface area contributed by atoms with E-state index in [-0.39, 0.29) is 17.6 Å². The van der Waals surface area contributed by atoms with Gasteiger partial charge in [-0.15, -0.1) is 0 Å². The van der Waals surface area contributed by atoms with Crippen molar-refractivity contribution in [1.82, 2.24) is 10.6 Å². The van der Waals surface area contributed by atoms with Crippen molar-refractivity contribution in [2.45, 2.75) is 84.5 Å². The first-order valence-corrected chi connectivity index (χ1v) is 10.4. The first-order valence-electron chi connectivity index (χ1n) is 10.4. The summed E-state index contributed by atoms with van der Waals surface area (Å²) in [5.74, 6) is -90.4. The topological polar surface area (TPSA) is 58.2 Å². The molecule has 0 aromatic carbocycles. The molecular weight excluding hydrogens is 758 g/mol. The van der Waals surface area contributed by atoms with Crippen LogP contribution in [0.5, 0.6) is 0 Å². The van der Waals surface area contributed by atoms with Gasteiger partial charge in [-0.2, -0.15) is 114 Å². The summed E-state index contributed by atoms with van der Waals surface area (Å²) >= 11 is 0. The van der Waals surface area contributed by atoms with Crippen molar-refractivity contribution < 1.29 is 124 Å². The van der Waals surface area contributed by atoms with Crippen LogP contribution in [0.25, 0.3) is 0 Å². The second-order valence-corrected chi connectivity index (χ2v) is 8.82. The van der Waals surface area contributed by atoms with E-state index in [9.17, 15) is 124 Å². The van der Waals surface area contributed by atoms with Crippen LogP contribution in [0.1, 0.15) is 6.92 Å². The molecule has 1 atom stereocenters. The Labute approximate surface area is 238 Å². The highest BCUT2D eigenvalue weighted by molar-refractivity contribution is 5.86. The molecule has 30 heteroatoms. The number of hydrogen-bond acceptors (Lipinski definition) is 2. The lowest BCUT2D eigenvalue weighted by Crippen LogP contribution is -2.72. The van der Waals surface area contributed by atoms with Gasteiger partial charge in [-0.05, 0) is 6.92 Å². The average Bonchev–Trinajstić information content (AvgIpc) is 2.84. The van der Waals surface area contributed by atoms with E-state index in [1.54, 1.807) is 0 Å². The summed E-state index contributed by atoms with van der Waals surface area (Å²) in [7, 11) is 0. The monoisotopic (exact) mass is 766 g/mol. The minimum atomic E-state index is -8.53. The van der Waals surface area contributed by atoms with Gasteiger partial charge in [-0.1, -0.05) is 0 Å². The highest BCUT2D eigenvalue weighted by Crippen LogP contribution is 2.61. The van der Waals surface area contributed by atoms with Gasteiger partial charge in [0.25, 0.3) is 11.8 Å². The summed E-state index contributed by atoms with van der Waals surface area (Å²) in [6, 6.07) is -2.97. The Kier molecular flexibility index (Phi) is 10.9. The summed E-state index contributed by atoms with van der Waals surface area (Å²) < 4.78 is 339. The highest BCUT2D eigenvalue weighted by Gasteiger charge is 2.93. The van der Waals surface area contributed by atoms with Crippen molar-refractivity contribution in [3.63, 3.8) is 0 Å². The van der Waals surface area contributed by atoms with E-state index in [0.29, 0.717) is 0 Å². The standard InChI is InChI=1S/C17H8F26N2O2/c1-3(45-5(47)7(20,21)9(24,25)11(28,29)13(32,33)15(36,37)17(41,42)43)2-44-4(46)6(18,19)8(22,23)10(26,27)12(30,31)14(34,35)16(38,39)40/h3H,2H2,1H3,(H,44,46)(H,45,47). The van der Waals surface area contributed by atoms with E-state index in [0.717, 1.165) is 0 Å². The fourth-order valence-electron chi connectivity index (χ4n) is 2.55. The number of carbonyl (C=O) groups is 2. The maximum Gasteiger partial charge on any atom is 0.460 e. The third-order valence-corrected chi connectivity index (χ3v) is 5.38. The molecular formula is C17H8F26N2O2. The zero-order chi connectivity index (χ0) is 38.9. The van der Waals surface area contributed by atoms with Gasteiger partial charge in [-0.25, -0.2) is 0 Å². The zero-order valence-electron chi connectivity index (χ0n) is 20.9. The smallest absolute Gasteiger partial charge is 0.349 e. The Bertz CT molecular complexity index is 1170. The van der Waals surface area contributed by atoms with Gasteiger partial charge in [0.15, 0.2) is 0 Å². The molecule has 4 nitrogen and oxygen atoms in total. The molecule has 0 aliphatic heterocycles. The molecule has 0 spiro atoms. The van der Waals surface area contributed by atoms with Crippen molar-refractivity contribution >= 4 is 11.8 Å². The molecule has 2 amide bonds. The quantitative estimate of drug-likeness (QED) is 0.197. The summed E-state index contributed by atoms with van der Waals surface area (Å²) in [6.07, 6.45) is -15.7. The fraction of sp³-hybridized carbons (Fsp3) is 0.882. The maximum atomic E-state index is 13.7. The van der Waals surface area contributed by atoms with E-state index in [1.165, 1.54) is 0 Å². The number of halogens is 26. The molecule has 0 aromatic rings. The largest absolute Gasteiger partial charge is 0.460 e. The Morgan fingerprint density at radius 3 is 0.894 bits per heavy atom. The Morgan fingerprint density at radius 2 is 0.638 bits per heavy atom. The second-order valence-electron chi connectivity index (χ2n) is 8.82. The van der Waals surface area contributed by atoms with Crippen molar-refractivity contribution in [3.05, 3.63) is 0 Å². The molecule has 0 saturated carbocycles. The highest BCUT2D eigenvalue weighted by atomic mass is 19.4. The number of carbonyl (C=O) groups excluding carboxylic acids is 2. The van der Waals surface area contributed by atoms with E-state index < -0.39 is 96.0 Å². The fourth-order valence-corrected chi connectivity index (χ4v) is 2.55. The molecule has 0 rings (SSSR count). The summed E-state index contributed by atoms with van der Waals surface area (Å²) in [5, 5.41) is 0.271. The molecule has 1 unspecified atom stereocenters. The number of nitrogens with one attached hydrogen (secondary N) is 2. The Balaban J connectivity index is 6.17. The number of alkyl halides is 26. The van der Waals surface area contributed by atoms with Crippen LogP contribution in [0.2, 0.25) is 0 Å². The molecule has 280 valence electrons. The molecule has 0 saturated heterocycles. The maximum absolute atomic E-state index is 13.7. The first-order chi connectivity index (χ1) is 19.9. The lowest BCUT2D eigenvalue weighted by molar-refractivity contribution is -0.436. The Morgan fingerprint density at radius 1 is 0.404 bits per heavy atom. The molecule has 47 heavy (non-hydrogen) atoms. The van der Waals surface area contributed by atoms with Gasteiger partial charge in [0.1, 0.15) is 0 Å². The molecule has 2 N–H and O–H groups in total. The number of hydrogen-bond donors (Lipinski definition) is 2. The van der Waals surface area contributed by atoms with Crippen LogP contribution in [0.3, 0.4) is 0 Å². The third-order valence-electron chi connectivity index (χ3n) is 5.38. The summed E-state index contributed by atoms with van der Waals surface area (Å²) in [6.45, 7) is -2.49. The van der Waals surface area contributed by atoms with Crippen molar-refractivity contribution in [1.29, 1.82) is 0 Å². The van der Waals surface area contributed by atoms with E-state index >= 15 is 0 Å². The normalized spacial score (nSPS) is 16.6. The summed E-state index contributed by atoms with van der Waals surface area (Å²) in [5.41, 5.74) is 0. The van der Waals surface area contributed by atoms with E-state index in [1.807, 2.05) is 0 Å². The van der Waals surface area contributed by atoms with Crippen molar-refractivity contribution in [2.75, 3.05) is 6.54 Å². The van der Waals surface area contributed by atoms with Crippen LogP contribution in [-0.4, -0.2) is 96.0 Å². The molecule has 0 heterocycles. The lowest BCUT2D eigenvalue weighted by Gasteiger charge is -2.39. The van der Waals surface area contributed by atoms with Gasteiger partial charge in [0, 0.05) is 12.6 Å². The molecule has 0 bridgehead atoms. The van der Waals surface area contributed by atoms with Crippen LogP contribution >= 0.6 is 0 Å². The van der Waals surface area contributed by atoms with Crippen LogP contribution in [0.4, 0.5) is 114 Å². The van der Waals surface area contributed by atoms with E-state index in [2.05, 4.69) is 0 Å². The van der Waals surface area contributed by atoms with Crippen molar-refractivity contribution in [3.8, 4) is 0 Å². The van der Waals surface area contributed by atoms with Gasteiger partial charge in [-0.3, -0.25) is 9.59 Å². The van der Waals surface area contributed by atoms with Gasteiger partial charge >= 0.3 is 71.6 Å². The molecule has 0 aromatic heterocycles. The van der Waals surface area contributed by atoms with Crippen LogP contribution < -0.4 is 10.6 Å². The van der Waals surface area contributed by atoms with Crippen LogP contribution in [0.15, 0.2) is 0 Å². The molecule has 0 fully saturated rings. The number of rotatable bonds is 13. The molecule has 0 radical (unpaired) electrons. The SMILES string of the molecule is CC(CNC(=O)C(F)(F)C(F)(F)C(F)(F)C(F)(F)C(F)(F)C(F)(F)F)NC(=O)C(F)(F)C(F)(F)C(F)(F)C(F)(F)C(F)(F)C(F)(F)F. The van der Waals surface area contributed by atoms with Crippen molar-refractivity contribution in [2.24, 2.45) is 0 Å². The number of amides is 2. The van der Waals surface area contributed by atoms with Gasteiger partial charge in [0.2, 0.25) is 0 Å². The van der Waals surface area contributed by atoms with Gasteiger partial charge < -0.3 is 10.6 Å². The lowest BCUT2D eigenvalue weighted by atomic mass is 9.93. The molecule has 0 aliphatic rings. The second kappa shape index (κ2) is 11.6. The van der Waals surface area contributed by atoms with Crippen LogP contribution in [-0.2, 0) is 9.59 Å². The van der Waals surface area contributed by atoms with Gasteiger partial charge in [0.05, 0.1) is 0 Å². The molecule has 0 aliphatic carbocycles. The zero-order valence-corrected chi connectivity index (χ0v) is 20.9. The average molecular weight is 766 g/mol. The van der Waals surface area contributed by atoms with Crippen LogP contribution in [0, 0.1) is 0 Å². The Hall–Kier alpha value is -2.88. The minimum Gasteiger partial charge on any atom is -0.349 e. The predicted molar refractivity (Wildman–Crippen MR) is 92.2 cm³/mol. The van der Waals surface area contributed by atoms with E-state index in [4.69, 9.17) is 0 Å². The summed E-state index contributed by atoms with van der Waals surface area (Å²) in [4.78, 5) is 22.5. The first kappa shape index (κ1) is 44.1. The minimum absolute atomic E-state index is 0.111.